The van der Waals surface area contributed by atoms with E-state index in [-0.39, 0.29) is 5.97 Å². The molecule has 0 fully saturated rings. The number of aryl methyl sites for hydroxylation is 3. The third kappa shape index (κ3) is 7.41. The Kier molecular flexibility index (Phi) is 10.7. The molecule has 6 rings (SSSR count). The van der Waals surface area contributed by atoms with Crippen LogP contribution in [0, 0.1) is 6.92 Å². The van der Waals surface area contributed by atoms with E-state index in [0.717, 1.165) is 78.3 Å². The Bertz CT molecular complexity index is 2020. The Morgan fingerprint density at radius 3 is 2.69 bits per heavy atom. The molecule has 4 heterocycles. The molecule has 2 aromatic carbocycles. The summed E-state index contributed by atoms with van der Waals surface area (Å²) in [5.74, 6) is 2.80. The number of allylic oxidation sites excluding steroid dienone is 2. The summed E-state index contributed by atoms with van der Waals surface area (Å²) in [6.07, 6.45) is 7.21. The first kappa shape index (κ1) is 34.0. The van der Waals surface area contributed by atoms with Crippen molar-refractivity contribution >= 4 is 64.0 Å². The number of fused-ring (bicyclic) bond motifs is 8. The maximum absolute atomic E-state index is 13.0. The molecular weight excluding hydrogens is 662 g/mol. The largest absolute Gasteiger partial charge is 0.493 e. The quantitative estimate of drug-likeness (QED) is 0.171. The Labute approximate surface area is 295 Å². The van der Waals surface area contributed by atoms with Crippen LogP contribution in [0.4, 0.5) is 0 Å². The highest BCUT2D eigenvalue weighted by atomic mass is 35.5. The number of hydrogen-bond acceptors (Lipinski definition) is 7. The van der Waals surface area contributed by atoms with E-state index in [1.165, 1.54) is 7.11 Å². The van der Waals surface area contributed by atoms with Crippen molar-refractivity contribution in [2.24, 2.45) is 14.1 Å². The van der Waals surface area contributed by atoms with E-state index in [1.807, 2.05) is 65.3 Å². The molecule has 0 spiro atoms. The molecule has 0 saturated heterocycles. The summed E-state index contributed by atoms with van der Waals surface area (Å²) in [4.78, 5) is 14.1. The number of carbonyl (C=O) groups excluding carboxylic acids is 1. The number of hydrogen-bond donors (Lipinski definition) is 0. The van der Waals surface area contributed by atoms with Crippen LogP contribution in [0.5, 0.6) is 5.75 Å². The molecule has 0 N–H and O–H groups in total. The lowest BCUT2D eigenvalue weighted by Crippen LogP contribution is -2.15. The number of thioether (sulfide) groups is 2. The topological polar surface area (TPSA) is 76.1 Å². The molecule has 1 aliphatic rings. The molecule has 0 radical (unpaired) electrons. The van der Waals surface area contributed by atoms with Crippen LogP contribution < -0.4 is 4.74 Å². The maximum Gasteiger partial charge on any atom is 0.354 e. The number of esters is 1. The van der Waals surface area contributed by atoms with E-state index in [2.05, 4.69) is 43.3 Å². The summed E-state index contributed by atoms with van der Waals surface area (Å²) in [5.41, 5.74) is 7.63. The van der Waals surface area contributed by atoms with Gasteiger partial charge < -0.3 is 14.0 Å². The summed E-state index contributed by atoms with van der Waals surface area (Å²) >= 11 is 10.4. The predicted octanol–water partition coefficient (Wildman–Crippen LogP) is 8.57. The number of halogens is 1. The lowest BCUT2D eigenvalue weighted by Gasteiger charge is -2.14. The van der Waals surface area contributed by atoms with Crippen LogP contribution in [-0.2, 0) is 49.1 Å². The van der Waals surface area contributed by atoms with Gasteiger partial charge in [-0.3, -0.25) is 9.36 Å². The normalized spacial score (nSPS) is 15.7. The summed E-state index contributed by atoms with van der Waals surface area (Å²) in [6, 6.07) is 16.9. The van der Waals surface area contributed by atoms with E-state index >= 15 is 0 Å². The van der Waals surface area contributed by atoms with Crippen LogP contribution in [-0.4, -0.2) is 43.8 Å². The minimum atomic E-state index is -0.351. The highest BCUT2D eigenvalue weighted by molar-refractivity contribution is 7.98. The van der Waals surface area contributed by atoms with Crippen molar-refractivity contribution in [2.45, 2.75) is 55.4 Å². The van der Waals surface area contributed by atoms with Gasteiger partial charge in [0.2, 0.25) is 0 Å². The Morgan fingerprint density at radius 1 is 1.04 bits per heavy atom. The SMILES string of the molecule is CCc1cc2n(c1C(=O)OC)CCCOc1cc(cc3ccccc13)SCc1cc(nn1C)CSCc1nn(C)c(C)c1/C=C(\Cl)C=C2. The fraction of sp³-hybridized carbons (Fsp3) is 0.324. The molecule has 0 amide bonds. The van der Waals surface area contributed by atoms with Gasteiger partial charge in [-0.2, -0.15) is 10.2 Å². The van der Waals surface area contributed by atoms with E-state index in [0.29, 0.717) is 36.7 Å². The summed E-state index contributed by atoms with van der Waals surface area (Å²) in [5, 5.41) is 12.4. The van der Waals surface area contributed by atoms with Crippen molar-refractivity contribution in [3.8, 4) is 5.75 Å². The molecule has 1 aliphatic heterocycles. The first-order valence-electron chi connectivity index (χ1n) is 16.0. The monoisotopic (exact) mass is 701 g/mol. The van der Waals surface area contributed by atoms with Gasteiger partial charge in [0, 0.05) is 75.9 Å². The van der Waals surface area contributed by atoms with E-state index in [4.69, 9.17) is 31.3 Å². The third-order valence-corrected chi connectivity index (χ3v) is 10.8. The lowest BCUT2D eigenvalue weighted by atomic mass is 10.1. The van der Waals surface area contributed by atoms with Crippen LogP contribution in [0.15, 0.2) is 64.5 Å². The van der Waals surface area contributed by atoms with Gasteiger partial charge in [-0.1, -0.05) is 42.8 Å². The molecule has 250 valence electrons. The Hall–Kier alpha value is -3.86. The molecule has 4 bridgehead atoms. The number of rotatable bonds is 2. The zero-order chi connectivity index (χ0) is 33.8. The van der Waals surface area contributed by atoms with Gasteiger partial charge in [-0.15, -0.1) is 23.5 Å². The second kappa shape index (κ2) is 15.1. The smallest absolute Gasteiger partial charge is 0.354 e. The van der Waals surface area contributed by atoms with Gasteiger partial charge in [0.1, 0.15) is 11.4 Å². The van der Waals surface area contributed by atoms with Crippen molar-refractivity contribution in [2.75, 3.05) is 13.7 Å². The number of aromatic nitrogens is 5. The Balaban J connectivity index is 1.38. The molecule has 0 atom stereocenters. The van der Waals surface area contributed by atoms with Crippen LogP contribution in [0.1, 0.15) is 63.4 Å². The maximum atomic E-state index is 13.0. The second-order valence-corrected chi connectivity index (χ2v) is 14.2. The highest BCUT2D eigenvalue weighted by Crippen LogP contribution is 2.34. The Morgan fingerprint density at radius 2 is 1.88 bits per heavy atom. The van der Waals surface area contributed by atoms with Crippen molar-refractivity contribution in [1.29, 1.82) is 0 Å². The third-order valence-electron chi connectivity index (χ3n) is 8.60. The summed E-state index contributed by atoms with van der Waals surface area (Å²) in [7, 11) is 5.39. The number of nitrogens with zero attached hydrogens (tertiary/aromatic N) is 5. The molecular formula is C37H40ClN5O3S2. The van der Waals surface area contributed by atoms with E-state index in [9.17, 15) is 4.79 Å². The van der Waals surface area contributed by atoms with Crippen LogP contribution in [0.3, 0.4) is 0 Å². The molecule has 8 nitrogen and oxygen atoms in total. The number of methoxy groups -OCH3 is 1. The van der Waals surface area contributed by atoms with Gasteiger partial charge >= 0.3 is 5.97 Å². The first-order chi connectivity index (χ1) is 23.2. The molecule has 0 unspecified atom stereocenters. The first-order valence-corrected chi connectivity index (χ1v) is 18.5. The summed E-state index contributed by atoms with van der Waals surface area (Å²) in [6.45, 7) is 5.15. The number of carbonyl (C=O) groups is 1. The highest BCUT2D eigenvalue weighted by Gasteiger charge is 2.20. The second-order valence-electron chi connectivity index (χ2n) is 11.7. The molecule has 0 aliphatic carbocycles. The number of ether oxygens (including phenoxy) is 2. The van der Waals surface area contributed by atoms with Gasteiger partial charge in [-0.25, -0.2) is 4.79 Å². The fourth-order valence-electron chi connectivity index (χ4n) is 6.00. The fourth-order valence-corrected chi connectivity index (χ4v) is 8.01. The molecule has 11 heteroatoms. The molecule has 48 heavy (non-hydrogen) atoms. The minimum absolute atomic E-state index is 0.351. The van der Waals surface area contributed by atoms with Crippen molar-refractivity contribution in [1.82, 2.24) is 24.1 Å². The zero-order valence-corrected chi connectivity index (χ0v) is 30.3. The van der Waals surface area contributed by atoms with Crippen molar-refractivity contribution in [3.63, 3.8) is 0 Å². The van der Waals surface area contributed by atoms with Crippen molar-refractivity contribution < 1.29 is 14.3 Å². The summed E-state index contributed by atoms with van der Waals surface area (Å²) < 4.78 is 17.6. The van der Waals surface area contributed by atoms with Gasteiger partial charge in [0.15, 0.2) is 0 Å². The van der Waals surface area contributed by atoms with Gasteiger partial charge in [0.05, 0.1) is 25.1 Å². The molecule has 5 aromatic rings. The molecule has 3 aromatic heterocycles. The average molecular weight is 702 g/mol. The number of benzene rings is 2. The average Bonchev–Trinajstić information content (AvgIpc) is 3.72. The van der Waals surface area contributed by atoms with Crippen LogP contribution in [0.2, 0.25) is 0 Å². The lowest BCUT2D eigenvalue weighted by molar-refractivity contribution is 0.0586. The van der Waals surface area contributed by atoms with Crippen LogP contribution >= 0.6 is 35.1 Å². The van der Waals surface area contributed by atoms with E-state index in [1.54, 1.807) is 23.5 Å². The van der Waals surface area contributed by atoms with Crippen molar-refractivity contribution in [3.05, 3.63) is 105 Å². The minimum Gasteiger partial charge on any atom is -0.493 e. The van der Waals surface area contributed by atoms with Gasteiger partial charge in [-0.05, 0) is 73.2 Å². The predicted molar refractivity (Wildman–Crippen MR) is 198 cm³/mol. The van der Waals surface area contributed by atoms with Gasteiger partial charge in [0.25, 0.3) is 0 Å². The zero-order valence-electron chi connectivity index (χ0n) is 28.0. The standard InChI is InChI=1S/C37H40ClN5O3S2/c1-6-25-16-29-13-12-27(38)18-33-24(2)41(3)40-34(33)23-47-21-28-19-30(42(4)39-28)22-48-31-17-26-10-7-8-11-32(26)35(20-31)46-15-9-14-43(29)36(25)37(44)45-5/h7-8,10-13,16-20H,6,9,14-15,21-23H2,1-5H3/b13-12?,27-18-. The van der Waals surface area contributed by atoms with Crippen LogP contribution in [0.25, 0.3) is 22.9 Å². The molecule has 0 saturated carbocycles. The van der Waals surface area contributed by atoms with E-state index < -0.39 is 0 Å².